The van der Waals surface area contributed by atoms with Gasteiger partial charge in [-0.25, -0.2) is 13.6 Å². The Bertz CT molecular complexity index is 628. The van der Waals surface area contributed by atoms with E-state index in [1.165, 1.54) is 12.1 Å². The molecule has 0 atom stereocenters. The average Bonchev–Trinajstić information content (AvgIpc) is 2.35. The topological polar surface area (TPSA) is 136 Å². The maximum absolute atomic E-state index is 11.2. The van der Waals surface area contributed by atoms with Gasteiger partial charge < -0.3 is 10.4 Å². The van der Waals surface area contributed by atoms with Gasteiger partial charge in [0.25, 0.3) is 5.69 Å². The molecule has 0 amide bonds. The third kappa shape index (κ3) is 4.96. The van der Waals surface area contributed by atoms with Gasteiger partial charge in [-0.2, -0.15) is 0 Å². The first-order chi connectivity index (χ1) is 9.57. The predicted molar refractivity (Wildman–Crippen MR) is 78.4 cm³/mol. The maximum atomic E-state index is 11.2. The van der Waals surface area contributed by atoms with Gasteiger partial charge in [0.15, 0.2) is 0 Å². The number of aliphatic hydroxyl groups is 1. The summed E-state index contributed by atoms with van der Waals surface area (Å²) >= 11 is 0. The molecule has 0 radical (unpaired) electrons. The van der Waals surface area contributed by atoms with E-state index in [2.05, 4.69) is 5.32 Å². The summed E-state index contributed by atoms with van der Waals surface area (Å²) in [7, 11) is -3.99. The van der Waals surface area contributed by atoms with E-state index in [1.54, 1.807) is 0 Å². The molecule has 0 saturated carbocycles. The van der Waals surface area contributed by atoms with Crippen molar-refractivity contribution in [2.45, 2.75) is 25.2 Å². The van der Waals surface area contributed by atoms with E-state index in [9.17, 15) is 18.5 Å². The molecule has 0 aliphatic carbocycles. The van der Waals surface area contributed by atoms with Crippen molar-refractivity contribution >= 4 is 21.4 Å². The van der Waals surface area contributed by atoms with Crippen LogP contribution in [0, 0.1) is 15.5 Å². The van der Waals surface area contributed by atoms with Gasteiger partial charge in [-0.3, -0.25) is 10.1 Å². The van der Waals surface area contributed by atoms with E-state index in [0.29, 0.717) is 13.0 Å². The largest absolute Gasteiger partial charge is 0.396 e. The van der Waals surface area contributed by atoms with Crippen LogP contribution in [0.2, 0.25) is 0 Å². The van der Waals surface area contributed by atoms with Crippen LogP contribution in [0.5, 0.6) is 0 Å². The highest BCUT2D eigenvalue weighted by Crippen LogP contribution is 2.29. The smallest absolute Gasteiger partial charge is 0.293 e. The molecule has 1 aromatic carbocycles. The average molecular weight is 317 g/mol. The quantitative estimate of drug-likeness (QED) is 0.508. The summed E-state index contributed by atoms with van der Waals surface area (Å²) in [5.41, 5.74) is -0.416. The third-order valence-corrected chi connectivity index (χ3v) is 3.95. The number of nitro benzene ring substituents is 1. The lowest BCUT2D eigenvalue weighted by atomic mass is 9.89. The van der Waals surface area contributed by atoms with Gasteiger partial charge in [-0.15, -0.1) is 0 Å². The molecule has 1 rings (SSSR count). The molecule has 0 fully saturated rings. The second-order valence-corrected chi connectivity index (χ2v) is 7.03. The molecule has 0 saturated heterocycles. The number of anilines is 1. The number of sulfonamides is 1. The summed E-state index contributed by atoms with van der Waals surface area (Å²) < 4.78 is 22.5. The van der Waals surface area contributed by atoms with Crippen LogP contribution in [0.1, 0.15) is 20.3 Å². The van der Waals surface area contributed by atoms with Crippen molar-refractivity contribution in [3.63, 3.8) is 0 Å². The Kier molecular flexibility index (Phi) is 5.26. The zero-order valence-corrected chi connectivity index (χ0v) is 12.7. The fraction of sp³-hybridized carbons (Fsp3) is 0.500. The highest BCUT2D eigenvalue weighted by atomic mass is 32.2. The monoisotopic (exact) mass is 317 g/mol. The summed E-state index contributed by atoms with van der Waals surface area (Å²) in [6, 6.07) is 3.45. The zero-order chi connectivity index (χ0) is 16.3. The van der Waals surface area contributed by atoms with Gasteiger partial charge in [0, 0.05) is 19.2 Å². The SMILES string of the molecule is CC(C)(CCO)CNc1ccc(S(N)(=O)=O)cc1[N+](=O)[O-]. The minimum atomic E-state index is -3.99. The van der Waals surface area contributed by atoms with Crippen molar-refractivity contribution in [2.75, 3.05) is 18.5 Å². The molecule has 0 heterocycles. The number of primary sulfonamides is 1. The predicted octanol–water partition coefficient (Wildman–Crippen LogP) is 1.06. The second-order valence-electron chi connectivity index (χ2n) is 5.47. The van der Waals surface area contributed by atoms with Crippen LogP contribution in [-0.2, 0) is 10.0 Å². The molecule has 0 aliphatic rings. The van der Waals surface area contributed by atoms with Crippen LogP contribution >= 0.6 is 0 Å². The van der Waals surface area contributed by atoms with Crippen molar-refractivity contribution in [1.29, 1.82) is 0 Å². The molecular weight excluding hydrogens is 298 g/mol. The summed E-state index contributed by atoms with van der Waals surface area (Å²) in [5, 5.41) is 27.9. The fourth-order valence-corrected chi connectivity index (χ4v) is 2.25. The van der Waals surface area contributed by atoms with E-state index >= 15 is 0 Å². The van der Waals surface area contributed by atoms with Crippen molar-refractivity contribution in [3.8, 4) is 0 Å². The minimum absolute atomic E-state index is 0.0150. The molecule has 4 N–H and O–H groups in total. The second kappa shape index (κ2) is 6.37. The van der Waals surface area contributed by atoms with Crippen molar-refractivity contribution in [1.82, 2.24) is 0 Å². The maximum Gasteiger partial charge on any atom is 0.293 e. The first kappa shape index (κ1) is 17.3. The molecule has 0 unspecified atom stereocenters. The Morgan fingerprint density at radius 1 is 1.43 bits per heavy atom. The summed E-state index contributed by atoms with van der Waals surface area (Å²) in [5.74, 6) is 0. The van der Waals surface area contributed by atoms with E-state index in [4.69, 9.17) is 10.2 Å². The lowest BCUT2D eigenvalue weighted by Gasteiger charge is -2.24. The summed E-state index contributed by atoms with van der Waals surface area (Å²) in [4.78, 5) is 10.1. The lowest BCUT2D eigenvalue weighted by Crippen LogP contribution is -2.24. The number of benzene rings is 1. The Labute approximate surface area is 123 Å². The number of rotatable bonds is 7. The van der Waals surface area contributed by atoms with E-state index < -0.39 is 14.9 Å². The number of hydrogen-bond acceptors (Lipinski definition) is 6. The Balaban J connectivity index is 3.06. The van der Waals surface area contributed by atoms with Crippen LogP contribution in [0.3, 0.4) is 0 Å². The standard InChI is InChI=1S/C12H19N3O5S/c1-12(2,5-6-16)8-14-10-4-3-9(21(13,19)20)7-11(10)15(17)18/h3-4,7,14,16H,5-6,8H2,1-2H3,(H2,13,19,20). The number of hydrogen-bond donors (Lipinski definition) is 3. The van der Waals surface area contributed by atoms with Crippen LogP contribution in [0.25, 0.3) is 0 Å². The van der Waals surface area contributed by atoms with Crippen LogP contribution in [0.4, 0.5) is 11.4 Å². The Morgan fingerprint density at radius 2 is 2.05 bits per heavy atom. The molecule has 118 valence electrons. The van der Waals surface area contributed by atoms with Gasteiger partial charge in [0.1, 0.15) is 5.69 Å². The molecule has 1 aromatic rings. The van der Waals surface area contributed by atoms with Gasteiger partial charge in [-0.1, -0.05) is 13.8 Å². The Hall–Kier alpha value is -1.71. The summed E-state index contributed by atoms with van der Waals surface area (Å²) in [6.45, 7) is 4.21. The van der Waals surface area contributed by atoms with E-state index in [1.807, 2.05) is 13.8 Å². The van der Waals surface area contributed by atoms with Gasteiger partial charge in [-0.05, 0) is 24.0 Å². The number of nitrogens with one attached hydrogen (secondary N) is 1. The number of aliphatic hydroxyl groups excluding tert-OH is 1. The molecule has 0 bridgehead atoms. The molecular formula is C12H19N3O5S. The highest BCUT2D eigenvalue weighted by Gasteiger charge is 2.22. The molecule has 0 aromatic heterocycles. The highest BCUT2D eigenvalue weighted by molar-refractivity contribution is 7.89. The lowest BCUT2D eigenvalue weighted by molar-refractivity contribution is -0.384. The number of nitrogens with two attached hydrogens (primary N) is 1. The van der Waals surface area contributed by atoms with Crippen LogP contribution in [-0.4, -0.2) is 31.6 Å². The number of nitrogens with zero attached hydrogens (tertiary/aromatic N) is 1. The van der Waals surface area contributed by atoms with E-state index in [0.717, 1.165) is 6.07 Å². The van der Waals surface area contributed by atoms with Crippen molar-refractivity contribution < 1.29 is 18.4 Å². The molecule has 21 heavy (non-hydrogen) atoms. The van der Waals surface area contributed by atoms with Crippen LogP contribution in [0.15, 0.2) is 23.1 Å². The molecule has 9 heteroatoms. The first-order valence-corrected chi connectivity index (χ1v) is 7.77. The summed E-state index contributed by atoms with van der Waals surface area (Å²) in [6.07, 6.45) is 0.531. The van der Waals surface area contributed by atoms with E-state index in [-0.39, 0.29) is 28.3 Å². The number of nitro groups is 1. The molecule has 0 aliphatic heterocycles. The normalized spacial score (nSPS) is 12.2. The first-order valence-electron chi connectivity index (χ1n) is 6.23. The van der Waals surface area contributed by atoms with Gasteiger partial charge in [0.05, 0.1) is 9.82 Å². The minimum Gasteiger partial charge on any atom is -0.396 e. The Morgan fingerprint density at radius 3 is 2.52 bits per heavy atom. The zero-order valence-electron chi connectivity index (χ0n) is 11.9. The molecule has 0 spiro atoms. The fourth-order valence-electron chi connectivity index (χ4n) is 1.71. The van der Waals surface area contributed by atoms with Gasteiger partial charge >= 0.3 is 0 Å². The van der Waals surface area contributed by atoms with Crippen molar-refractivity contribution in [2.24, 2.45) is 10.6 Å². The molecule has 8 nitrogen and oxygen atoms in total. The van der Waals surface area contributed by atoms with Crippen molar-refractivity contribution in [3.05, 3.63) is 28.3 Å². The van der Waals surface area contributed by atoms with Crippen LogP contribution < -0.4 is 10.5 Å². The van der Waals surface area contributed by atoms with Gasteiger partial charge in [0.2, 0.25) is 10.0 Å². The third-order valence-electron chi connectivity index (χ3n) is 3.04.